The molecule has 1 unspecified atom stereocenters. The van der Waals surface area contributed by atoms with Crippen molar-refractivity contribution in [1.29, 1.82) is 0 Å². The Morgan fingerprint density at radius 1 is 0.700 bits per heavy atom. The van der Waals surface area contributed by atoms with E-state index in [9.17, 15) is 9.59 Å². The van der Waals surface area contributed by atoms with Crippen LogP contribution in [0.3, 0.4) is 0 Å². The van der Waals surface area contributed by atoms with Crippen molar-refractivity contribution in [2.45, 2.75) is 52.5 Å². The molecule has 2 aromatic heterocycles. The van der Waals surface area contributed by atoms with Crippen molar-refractivity contribution < 1.29 is 9.59 Å². The molecule has 10 nitrogen and oxygen atoms in total. The summed E-state index contributed by atoms with van der Waals surface area (Å²) in [4.78, 5) is 35.8. The number of allylic oxidation sites excluding steroid dienone is 1. The van der Waals surface area contributed by atoms with E-state index in [0.29, 0.717) is 24.9 Å². The van der Waals surface area contributed by atoms with Crippen LogP contribution in [0.5, 0.6) is 0 Å². The number of carbonyl (C=O) groups excluding carboxylic acids is 2. The zero-order valence-electron chi connectivity index (χ0n) is 30.6. The average Bonchev–Trinajstić information content (AvgIpc) is 3.70. The quantitative estimate of drug-likeness (QED) is 0.328. The normalized spacial score (nSPS) is 19.4. The van der Waals surface area contributed by atoms with Crippen molar-refractivity contribution in [2.75, 3.05) is 79.5 Å². The zero-order chi connectivity index (χ0) is 35.0. The zero-order valence-corrected chi connectivity index (χ0v) is 30.6. The summed E-state index contributed by atoms with van der Waals surface area (Å²) in [6.07, 6.45) is 4.06. The van der Waals surface area contributed by atoms with E-state index in [1.807, 2.05) is 16.7 Å². The average molecular weight is 681 g/mol. The molecule has 1 N–H and O–H groups in total. The first kappa shape index (κ1) is 35.9. The number of piperazine rings is 2. The third kappa shape index (κ3) is 8.66. The van der Waals surface area contributed by atoms with Gasteiger partial charge in [0.1, 0.15) is 0 Å². The van der Waals surface area contributed by atoms with Gasteiger partial charge in [0, 0.05) is 113 Å². The SMILES string of the molecule is C/C=C/C(=O)N1CCn2c(cc3ccccc32)C1.CC(CC(=O)N1CCn2c(cc3ccccc32)C1)N1CCN(C)CC1.CN1CCNCC1. The Labute approximate surface area is 297 Å². The number of hydrogen-bond acceptors (Lipinski definition) is 6. The fourth-order valence-corrected chi connectivity index (χ4v) is 7.52. The van der Waals surface area contributed by atoms with Gasteiger partial charge in [0.05, 0.1) is 13.1 Å². The Hall–Kier alpha value is -3.96. The van der Waals surface area contributed by atoms with Crippen molar-refractivity contribution in [3.63, 3.8) is 0 Å². The van der Waals surface area contributed by atoms with Gasteiger partial charge in [0.25, 0.3) is 0 Å². The highest BCUT2D eigenvalue weighted by Crippen LogP contribution is 2.25. The van der Waals surface area contributed by atoms with E-state index in [0.717, 1.165) is 72.0 Å². The molecule has 2 aromatic carbocycles. The molecule has 6 heterocycles. The van der Waals surface area contributed by atoms with Gasteiger partial charge >= 0.3 is 0 Å². The van der Waals surface area contributed by atoms with Crippen LogP contribution in [0, 0.1) is 0 Å². The maximum atomic E-state index is 12.8. The van der Waals surface area contributed by atoms with E-state index in [4.69, 9.17) is 0 Å². The molecule has 0 spiro atoms. The molecule has 0 radical (unpaired) electrons. The van der Waals surface area contributed by atoms with Gasteiger partial charge in [-0.1, -0.05) is 42.5 Å². The molecule has 4 aliphatic rings. The Kier molecular flexibility index (Phi) is 12.1. The second-order valence-corrected chi connectivity index (χ2v) is 14.2. The summed E-state index contributed by atoms with van der Waals surface area (Å²) in [6, 6.07) is 21.6. The van der Waals surface area contributed by atoms with E-state index >= 15 is 0 Å². The van der Waals surface area contributed by atoms with Gasteiger partial charge in [-0.3, -0.25) is 14.5 Å². The number of hydrogen-bond donors (Lipinski definition) is 1. The molecule has 2 amide bonds. The molecule has 4 aromatic rings. The third-order valence-corrected chi connectivity index (χ3v) is 10.6. The fourth-order valence-electron chi connectivity index (χ4n) is 7.52. The molecular formula is C40H56N8O2. The van der Waals surface area contributed by atoms with Gasteiger partial charge < -0.3 is 34.1 Å². The second-order valence-electron chi connectivity index (χ2n) is 14.2. The number of para-hydroxylation sites is 2. The number of nitrogens with zero attached hydrogens (tertiary/aromatic N) is 7. The Morgan fingerprint density at radius 3 is 1.76 bits per heavy atom. The first-order valence-corrected chi connectivity index (χ1v) is 18.5. The Balaban J connectivity index is 0.000000150. The molecule has 0 aliphatic carbocycles. The van der Waals surface area contributed by atoms with Crippen LogP contribution in [0.15, 0.2) is 72.8 Å². The first-order chi connectivity index (χ1) is 24.3. The number of benzene rings is 2. The van der Waals surface area contributed by atoms with Crippen LogP contribution in [-0.2, 0) is 35.8 Å². The Bertz CT molecular complexity index is 1760. The molecule has 4 aliphatic heterocycles. The van der Waals surface area contributed by atoms with Gasteiger partial charge in [-0.15, -0.1) is 0 Å². The lowest BCUT2D eigenvalue weighted by Crippen LogP contribution is -2.49. The van der Waals surface area contributed by atoms with Crippen molar-refractivity contribution in [3.05, 3.63) is 84.2 Å². The number of carbonyl (C=O) groups is 2. The molecule has 8 rings (SSSR count). The van der Waals surface area contributed by atoms with Gasteiger partial charge in [-0.05, 0) is 69.1 Å². The van der Waals surface area contributed by atoms with Gasteiger partial charge in [0.15, 0.2) is 0 Å². The number of likely N-dealkylation sites (N-methyl/N-ethyl adjacent to an activating group) is 2. The number of nitrogens with one attached hydrogen (secondary N) is 1. The van der Waals surface area contributed by atoms with E-state index < -0.39 is 0 Å². The summed E-state index contributed by atoms with van der Waals surface area (Å²) in [5, 5.41) is 5.81. The van der Waals surface area contributed by atoms with E-state index in [2.05, 4.69) is 111 Å². The summed E-state index contributed by atoms with van der Waals surface area (Å²) >= 11 is 0. The standard InChI is InChI=1S/C20H28N4O.C15H16N2O.C5H12N2/c1-16(22-9-7-21(2)8-10-22)13-20(25)23-11-12-24-18(15-23)14-17-5-3-4-6-19(17)24;1-2-5-15(18)16-8-9-17-13(11-16)10-12-6-3-4-7-14(12)17;1-7-4-2-6-3-5-7/h3-6,14,16H,7-13,15H2,1-2H3;2-7,10H,8-9,11H2,1H3;6H,2-5H2,1H3/b;5-2+;. The highest BCUT2D eigenvalue weighted by atomic mass is 16.2. The van der Waals surface area contributed by atoms with Crippen molar-refractivity contribution >= 4 is 33.6 Å². The molecule has 50 heavy (non-hydrogen) atoms. The lowest BCUT2D eigenvalue weighted by Gasteiger charge is -2.37. The summed E-state index contributed by atoms with van der Waals surface area (Å²) in [7, 11) is 4.32. The van der Waals surface area contributed by atoms with Crippen molar-refractivity contribution in [2.24, 2.45) is 0 Å². The fraction of sp³-hybridized carbons (Fsp3) is 0.500. The second kappa shape index (κ2) is 16.8. The van der Waals surface area contributed by atoms with Crippen molar-refractivity contribution in [1.82, 2.24) is 39.0 Å². The molecule has 2 fully saturated rings. The largest absolute Gasteiger partial charge is 0.341 e. The smallest absolute Gasteiger partial charge is 0.246 e. The first-order valence-electron chi connectivity index (χ1n) is 18.5. The minimum Gasteiger partial charge on any atom is -0.341 e. The highest BCUT2D eigenvalue weighted by Gasteiger charge is 2.26. The molecule has 1 atom stereocenters. The van der Waals surface area contributed by atoms with E-state index in [-0.39, 0.29) is 5.91 Å². The monoisotopic (exact) mass is 680 g/mol. The lowest BCUT2D eigenvalue weighted by atomic mass is 10.1. The van der Waals surface area contributed by atoms with Crippen LogP contribution >= 0.6 is 0 Å². The number of rotatable bonds is 4. The maximum Gasteiger partial charge on any atom is 0.246 e. The molecule has 2 saturated heterocycles. The molecule has 10 heteroatoms. The van der Waals surface area contributed by atoms with Crippen LogP contribution in [0.25, 0.3) is 21.8 Å². The third-order valence-electron chi connectivity index (χ3n) is 10.6. The van der Waals surface area contributed by atoms with E-state index in [1.54, 1.807) is 12.2 Å². The van der Waals surface area contributed by atoms with Gasteiger partial charge in [-0.25, -0.2) is 0 Å². The maximum absolute atomic E-state index is 12.8. The molecular weight excluding hydrogens is 624 g/mol. The number of aromatic nitrogens is 2. The topological polar surface area (TPSA) is 72.2 Å². The summed E-state index contributed by atoms with van der Waals surface area (Å²) in [5.74, 6) is 0.400. The lowest BCUT2D eigenvalue weighted by molar-refractivity contribution is -0.134. The molecule has 0 saturated carbocycles. The minimum atomic E-state index is 0.106. The van der Waals surface area contributed by atoms with Gasteiger partial charge in [-0.2, -0.15) is 0 Å². The van der Waals surface area contributed by atoms with Crippen LogP contribution in [-0.4, -0.2) is 131 Å². The number of amides is 2. The Morgan fingerprint density at radius 2 is 1.22 bits per heavy atom. The number of fused-ring (bicyclic) bond motifs is 6. The van der Waals surface area contributed by atoms with Crippen LogP contribution < -0.4 is 5.32 Å². The van der Waals surface area contributed by atoms with E-state index in [1.165, 1.54) is 46.3 Å². The predicted octanol–water partition coefficient (Wildman–Crippen LogP) is 4.09. The van der Waals surface area contributed by atoms with Crippen molar-refractivity contribution in [3.8, 4) is 0 Å². The molecule has 0 bridgehead atoms. The summed E-state index contributed by atoms with van der Waals surface area (Å²) in [5.41, 5.74) is 5.04. The minimum absolute atomic E-state index is 0.106. The van der Waals surface area contributed by atoms with Crippen LogP contribution in [0.2, 0.25) is 0 Å². The highest BCUT2D eigenvalue weighted by molar-refractivity contribution is 5.88. The summed E-state index contributed by atoms with van der Waals surface area (Å²) in [6.45, 7) is 18.0. The summed E-state index contributed by atoms with van der Waals surface area (Å²) < 4.78 is 4.68. The molecule has 268 valence electrons. The van der Waals surface area contributed by atoms with Crippen LogP contribution in [0.1, 0.15) is 31.7 Å². The van der Waals surface area contributed by atoms with Gasteiger partial charge in [0.2, 0.25) is 11.8 Å². The predicted molar refractivity (Wildman–Crippen MR) is 203 cm³/mol. The van der Waals surface area contributed by atoms with Crippen LogP contribution in [0.4, 0.5) is 0 Å².